The van der Waals surface area contributed by atoms with Crippen LogP contribution in [-0.2, 0) is 20.1 Å². The third-order valence-electron chi connectivity index (χ3n) is 2.34. The molecule has 4 heteroatoms. The molecule has 0 heterocycles. The molecular formula is C14H12Cl2ORu. The van der Waals surface area contributed by atoms with Gasteiger partial charge in [-0.1, -0.05) is 0 Å². The van der Waals surface area contributed by atoms with E-state index >= 15 is 0 Å². The van der Waals surface area contributed by atoms with Crippen LogP contribution in [0.5, 0.6) is 5.75 Å². The molecule has 0 aliphatic rings. The van der Waals surface area contributed by atoms with Gasteiger partial charge in [0.25, 0.3) is 0 Å². The maximum absolute atomic E-state index is 5.90. The van der Waals surface area contributed by atoms with Gasteiger partial charge in [-0.2, -0.15) is 0 Å². The van der Waals surface area contributed by atoms with Crippen molar-refractivity contribution in [3.8, 4) is 5.75 Å². The molecule has 2 rings (SSSR count). The Balaban J connectivity index is 2.12. The van der Waals surface area contributed by atoms with Crippen molar-refractivity contribution in [1.82, 2.24) is 0 Å². The van der Waals surface area contributed by atoms with Gasteiger partial charge < -0.3 is 0 Å². The molecule has 0 N–H and O–H groups in total. The van der Waals surface area contributed by atoms with Crippen molar-refractivity contribution in [3.05, 3.63) is 65.7 Å². The molecule has 0 aliphatic heterocycles. The molecule has 18 heavy (non-hydrogen) atoms. The molecule has 0 spiro atoms. The Morgan fingerprint density at radius 2 is 1.61 bits per heavy atom. The molecule has 0 saturated carbocycles. The average Bonchev–Trinajstić information content (AvgIpc) is 2.38. The first-order valence-corrected chi connectivity index (χ1v) is 10.8. The van der Waals surface area contributed by atoms with Gasteiger partial charge in [0.2, 0.25) is 0 Å². The van der Waals surface area contributed by atoms with E-state index in [0.29, 0.717) is 6.61 Å². The summed E-state index contributed by atoms with van der Waals surface area (Å²) in [5.74, 6) is 0.821. The summed E-state index contributed by atoms with van der Waals surface area (Å²) in [4.78, 5) is 0. The van der Waals surface area contributed by atoms with E-state index in [2.05, 4.69) is 0 Å². The fourth-order valence-corrected chi connectivity index (χ4v) is 3.32. The molecule has 0 bridgehead atoms. The number of halogens is 2. The second-order valence-corrected chi connectivity index (χ2v) is 9.34. The van der Waals surface area contributed by atoms with Gasteiger partial charge in [0.1, 0.15) is 0 Å². The van der Waals surface area contributed by atoms with E-state index in [1.54, 1.807) is 0 Å². The summed E-state index contributed by atoms with van der Waals surface area (Å²) in [5, 5.41) is 0. The number of benzene rings is 2. The van der Waals surface area contributed by atoms with E-state index in [0.717, 1.165) is 16.9 Å². The summed E-state index contributed by atoms with van der Waals surface area (Å²) < 4.78 is 7.70. The molecule has 0 aromatic heterocycles. The second-order valence-electron chi connectivity index (χ2n) is 3.62. The topological polar surface area (TPSA) is 9.23 Å². The van der Waals surface area contributed by atoms with Gasteiger partial charge in [-0.3, -0.25) is 0 Å². The van der Waals surface area contributed by atoms with Gasteiger partial charge in [-0.05, 0) is 0 Å². The molecule has 0 atom stereocenters. The van der Waals surface area contributed by atoms with Crippen LogP contribution in [0, 0.1) is 0 Å². The molecule has 1 nitrogen and oxygen atoms in total. The third kappa shape index (κ3) is 4.21. The van der Waals surface area contributed by atoms with Crippen molar-refractivity contribution in [2.75, 3.05) is 0 Å². The molecule has 0 aliphatic carbocycles. The summed E-state index contributed by atoms with van der Waals surface area (Å²) in [5.41, 5.74) is 2.11. The molecule has 2 aromatic rings. The Hall–Kier alpha value is -0.687. The summed E-state index contributed by atoms with van der Waals surface area (Å²) in [7, 11) is 11.8. The van der Waals surface area contributed by atoms with Crippen LogP contribution in [0.4, 0.5) is 0 Å². The number of para-hydroxylation sites is 1. The predicted octanol–water partition coefficient (Wildman–Crippen LogP) is 4.34. The molecule has 0 unspecified atom stereocenters. The monoisotopic (exact) mass is 368 g/mol. The first kappa shape index (κ1) is 13.7. The van der Waals surface area contributed by atoms with Crippen LogP contribution in [0.1, 0.15) is 11.1 Å². The van der Waals surface area contributed by atoms with Crippen molar-refractivity contribution in [3.63, 3.8) is 0 Å². The van der Waals surface area contributed by atoms with Gasteiger partial charge in [0.05, 0.1) is 0 Å². The Labute approximate surface area is 120 Å². The van der Waals surface area contributed by atoms with Crippen LogP contribution in [0.15, 0.2) is 54.6 Å². The summed E-state index contributed by atoms with van der Waals surface area (Å²) >= 11 is -1.82. The Kier molecular flexibility index (Phi) is 5.37. The van der Waals surface area contributed by atoms with Crippen LogP contribution in [-0.4, -0.2) is 4.61 Å². The fraction of sp³-hybridized carbons (Fsp3) is 0.0714. The van der Waals surface area contributed by atoms with Crippen molar-refractivity contribution >= 4 is 24.0 Å². The average molecular weight is 368 g/mol. The van der Waals surface area contributed by atoms with E-state index in [1.807, 2.05) is 59.2 Å². The minimum atomic E-state index is -1.82. The minimum absolute atomic E-state index is 0.545. The Bertz CT molecular complexity index is 537. The van der Waals surface area contributed by atoms with Crippen LogP contribution in [0.2, 0.25) is 0 Å². The van der Waals surface area contributed by atoms with E-state index in [-0.39, 0.29) is 0 Å². The number of ether oxygens (including phenoxy) is 1. The van der Waals surface area contributed by atoms with Gasteiger partial charge >= 0.3 is 120 Å². The number of hydrogen-bond donors (Lipinski definition) is 0. The van der Waals surface area contributed by atoms with E-state index < -0.39 is 13.5 Å². The van der Waals surface area contributed by atoms with Crippen LogP contribution in [0.25, 0.3) is 0 Å². The van der Waals surface area contributed by atoms with Gasteiger partial charge in [0.15, 0.2) is 0 Å². The van der Waals surface area contributed by atoms with Crippen molar-refractivity contribution in [2.45, 2.75) is 6.61 Å². The van der Waals surface area contributed by atoms with Crippen molar-refractivity contribution in [1.29, 1.82) is 0 Å². The van der Waals surface area contributed by atoms with E-state index in [9.17, 15) is 0 Å². The molecule has 0 saturated heterocycles. The zero-order valence-electron chi connectivity index (χ0n) is 9.50. The molecule has 2 aromatic carbocycles. The van der Waals surface area contributed by atoms with Gasteiger partial charge in [-0.15, -0.1) is 0 Å². The number of rotatable bonds is 4. The van der Waals surface area contributed by atoms with Crippen LogP contribution < -0.4 is 4.74 Å². The SMILES string of the molecule is [Cl][Ru]([Cl])=[CH]c1ccccc1OCc1ccccc1. The zero-order chi connectivity index (χ0) is 12.8. The molecule has 0 radical (unpaired) electrons. The maximum atomic E-state index is 5.90. The summed E-state index contributed by atoms with van der Waals surface area (Å²) in [6.45, 7) is 0.545. The summed E-state index contributed by atoms with van der Waals surface area (Å²) in [6.07, 6.45) is 0. The van der Waals surface area contributed by atoms with Gasteiger partial charge in [0, 0.05) is 0 Å². The first-order chi connectivity index (χ1) is 8.75. The fourth-order valence-electron chi connectivity index (χ4n) is 1.51. The molecular weight excluding hydrogens is 356 g/mol. The molecule has 96 valence electrons. The van der Waals surface area contributed by atoms with Crippen molar-refractivity contribution < 1.29 is 18.3 Å². The molecule has 0 fully saturated rings. The van der Waals surface area contributed by atoms with Crippen molar-refractivity contribution in [2.24, 2.45) is 0 Å². The Morgan fingerprint density at radius 3 is 2.33 bits per heavy atom. The van der Waals surface area contributed by atoms with Crippen LogP contribution in [0.3, 0.4) is 0 Å². The molecule has 0 amide bonds. The summed E-state index contributed by atoms with van der Waals surface area (Å²) in [6, 6.07) is 17.8. The van der Waals surface area contributed by atoms with Gasteiger partial charge in [-0.25, -0.2) is 0 Å². The normalized spacial score (nSPS) is 10.9. The Morgan fingerprint density at radius 1 is 0.944 bits per heavy atom. The van der Waals surface area contributed by atoms with E-state index in [4.69, 9.17) is 24.1 Å². The third-order valence-corrected chi connectivity index (χ3v) is 4.18. The predicted molar refractivity (Wildman–Crippen MR) is 74.1 cm³/mol. The van der Waals surface area contributed by atoms with E-state index in [1.165, 1.54) is 0 Å². The number of hydrogen-bond acceptors (Lipinski definition) is 1. The quantitative estimate of drug-likeness (QED) is 0.730. The zero-order valence-corrected chi connectivity index (χ0v) is 12.7. The second kappa shape index (κ2) is 7.04. The standard InChI is InChI=1S/C14H12O.2ClH.Ru/c1-12-7-5-6-10-14(12)15-11-13-8-3-2-4-9-13;;;/h1-10H,11H2;2*1H;/q;;;+2/p-2. The first-order valence-electron chi connectivity index (χ1n) is 5.34. The van der Waals surface area contributed by atoms with Crippen LogP contribution >= 0.6 is 19.4 Å².